The number of hydroxylamine groups is 1. The van der Waals surface area contributed by atoms with Crippen molar-refractivity contribution in [2.75, 3.05) is 0 Å². The first-order valence-electron chi connectivity index (χ1n) is 7.64. The number of hydrogen-bond donors (Lipinski definition) is 2. The summed E-state index contributed by atoms with van der Waals surface area (Å²) >= 11 is 1.67. The summed E-state index contributed by atoms with van der Waals surface area (Å²) in [6.07, 6.45) is 5.65. The molecule has 0 spiro atoms. The smallest absolute Gasteiger partial charge is 0.274 e. The Bertz CT molecular complexity index is 871. The maximum atomic E-state index is 11.4. The molecule has 2 N–H and O–H groups in total. The van der Waals surface area contributed by atoms with Gasteiger partial charge in [-0.15, -0.1) is 11.3 Å². The van der Waals surface area contributed by atoms with Gasteiger partial charge in [0.1, 0.15) is 5.01 Å². The van der Waals surface area contributed by atoms with Gasteiger partial charge in [-0.05, 0) is 42.7 Å². The molecule has 0 atom stereocenters. The quantitative estimate of drug-likeness (QED) is 0.565. The molecule has 0 bridgehead atoms. The number of nitrogens with one attached hydrogen (secondary N) is 1. The van der Waals surface area contributed by atoms with Crippen molar-refractivity contribution in [1.29, 1.82) is 0 Å². The normalized spacial score (nSPS) is 15.0. The van der Waals surface area contributed by atoms with E-state index >= 15 is 0 Å². The molecule has 0 aliphatic heterocycles. The van der Waals surface area contributed by atoms with Gasteiger partial charge in [-0.2, -0.15) is 0 Å². The summed E-state index contributed by atoms with van der Waals surface area (Å²) in [5, 5.41) is 11.9. The van der Waals surface area contributed by atoms with Crippen LogP contribution in [0.25, 0.3) is 11.3 Å². The van der Waals surface area contributed by atoms with Crippen molar-refractivity contribution in [3.63, 3.8) is 0 Å². The van der Waals surface area contributed by atoms with Gasteiger partial charge in [-0.3, -0.25) is 15.0 Å². The van der Waals surface area contributed by atoms with E-state index in [1.54, 1.807) is 41.3 Å². The molecule has 0 radical (unpaired) electrons. The Hall–Kier alpha value is -2.57. The predicted molar refractivity (Wildman–Crippen MR) is 91.1 cm³/mol. The lowest BCUT2D eigenvalue weighted by Crippen LogP contribution is -2.18. The summed E-state index contributed by atoms with van der Waals surface area (Å²) in [6, 6.07) is 11.3. The van der Waals surface area contributed by atoms with Crippen LogP contribution in [-0.2, 0) is 5.41 Å². The molecule has 5 nitrogen and oxygen atoms in total. The first-order valence-corrected chi connectivity index (χ1v) is 8.52. The molecular weight excluding hydrogens is 322 g/mol. The summed E-state index contributed by atoms with van der Waals surface area (Å²) in [5.74, 6) is -0.499. The van der Waals surface area contributed by atoms with Crippen molar-refractivity contribution in [2.45, 2.75) is 18.3 Å². The average molecular weight is 337 g/mol. The lowest BCUT2D eigenvalue weighted by atomic mass is 9.95. The molecule has 2 heterocycles. The van der Waals surface area contributed by atoms with Crippen LogP contribution in [-0.4, -0.2) is 21.1 Å². The van der Waals surface area contributed by atoms with Crippen molar-refractivity contribution in [3.05, 3.63) is 70.3 Å². The molecule has 1 amide bonds. The van der Waals surface area contributed by atoms with Crippen molar-refractivity contribution in [1.82, 2.24) is 15.4 Å². The second-order valence-corrected chi connectivity index (χ2v) is 6.73. The maximum absolute atomic E-state index is 11.4. The van der Waals surface area contributed by atoms with Crippen molar-refractivity contribution in [3.8, 4) is 11.3 Å². The van der Waals surface area contributed by atoms with Crippen LogP contribution in [0.2, 0.25) is 0 Å². The minimum Gasteiger partial charge on any atom is -0.288 e. The van der Waals surface area contributed by atoms with Gasteiger partial charge in [0.25, 0.3) is 5.91 Å². The number of amides is 1. The predicted octanol–water partition coefficient (Wildman–Crippen LogP) is 3.40. The molecule has 1 aromatic carbocycles. The highest BCUT2D eigenvalue weighted by Gasteiger charge is 2.48. The zero-order valence-electron chi connectivity index (χ0n) is 12.8. The second-order valence-electron chi connectivity index (χ2n) is 5.87. The number of rotatable bonds is 4. The standard InChI is InChI=1S/C18H15N3O2S/c22-16(21-23)13-1-3-14(4-2-13)18(7-8-18)17-20-15(11-24-17)12-5-9-19-10-6-12/h1-6,9-11,23H,7-8H2,(H,21,22). The van der Waals surface area contributed by atoms with Crippen molar-refractivity contribution >= 4 is 17.2 Å². The largest absolute Gasteiger partial charge is 0.288 e. The minimum absolute atomic E-state index is 0.0375. The van der Waals surface area contributed by atoms with Gasteiger partial charge >= 0.3 is 0 Å². The number of pyridine rings is 1. The molecule has 3 aromatic rings. The highest BCUT2D eigenvalue weighted by molar-refractivity contribution is 7.10. The highest BCUT2D eigenvalue weighted by atomic mass is 32.1. The van der Waals surface area contributed by atoms with Crippen LogP contribution in [0.5, 0.6) is 0 Å². The van der Waals surface area contributed by atoms with E-state index in [0.717, 1.165) is 34.7 Å². The Morgan fingerprint density at radius 3 is 2.46 bits per heavy atom. The lowest BCUT2D eigenvalue weighted by Gasteiger charge is -2.13. The number of carbonyl (C=O) groups excluding carboxylic acids is 1. The van der Waals surface area contributed by atoms with E-state index in [-0.39, 0.29) is 5.41 Å². The fourth-order valence-electron chi connectivity index (χ4n) is 2.91. The molecule has 1 fully saturated rings. The third-order valence-corrected chi connectivity index (χ3v) is 5.49. The van der Waals surface area contributed by atoms with E-state index < -0.39 is 5.91 Å². The minimum atomic E-state index is -0.499. The number of aromatic nitrogens is 2. The van der Waals surface area contributed by atoms with Crippen LogP contribution in [0.1, 0.15) is 33.8 Å². The molecule has 2 aromatic heterocycles. The number of benzene rings is 1. The summed E-state index contributed by atoms with van der Waals surface area (Å²) in [7, 11) is 0. The number of nitrogens with zero attached hydrogens (tertiary/aromatic N) is 2. The van der Waals surface area contributed by atoms with Crippen LogP contribution in [0.3, 0.4) is 0 Å². The Balaban J connectivity index is 1.64. The Morgan fingerprint density at radius 1 is 1.12 bits per heavy atom. The Morgan fingerprint density at radius 2 is 1.83 bits per heavy atom. The first-order chi connectivity index (χ1) is 11.7. The van der Waals surface area contributed by atoms with Crippen molar-refractivity contribution in [2.24, 2.45) is 0 Å². The van der Waals surface area contributed by atoms with Crippen LogP contribution < -0.4 is 5.48 Å². The number of carbonyl (C=O) groups is 1. The number of hydrogen-bond acceptors (Lipinski definition) is 5. The van der Waals surface area contributed by atoms with Gasteiger partial charge in [0.2, 0.25) is 0 Å². The van der Waals surface area contributed by atoms with Crippen LogP contribution in [0, 0.1) is 0 Å². The third-order valence-electron chi connectivity index (χ3n) is 4.44. The molecule has 120 valence electrons. The van der Waals surface area contributed by atoms with E-state index in [9.17, 15) is 4.79 Å². The Labute approximate surface area is 143 Å². The van der Waals surface area contributed by atoms with Gasteiger partial charge in [0.15, 0.2) is 0 Å². The molecule has 1 aliphatic rings. The fraction of sp³-hybridized carbons (Fsp3) is 0.167. The van der Waals surface area contributed by atoms with E-state index in [2.05, 4.69) is 10.4 Å². The molecule has 1 saturated carbocycles. The van der Waals surface area contributed by atoms with E-state index in [1.807, 2.05) is 24.3 Å². The van der Waals surface area contributed by atoms with Gasteiger partial charge in [0.05, 0.1) is 5.69 Å². The molecule has 1 aliphatic carbocycles. The summed E-state index contributed by atoms with van der Waals surface area (Å²) in [5.41, 5.74) is 5.25. The van der Waals surface area contributed by atoms with Gasteiger partial charge < -0.3 is 0 Å². The molecule has 4 rings (SSSR count). The van der Waals surface area contributed by atoms with Gasteiger partial charge in [-0.25, -0.2) is 10.5 Å². The van der Waals surface area contributed by atoms with E-state index in [1.165, 1.54) is 0 Å². The molecule has 6 heteroatoms. The molecular formula is C18H15N3O2S. The summed E-state index contributed by atoms with van der Waals surface area (Å²) < 4.78 is 0. The SMILES string of the molecule is O=C(NO)c1ccc(C2(c3nc(-c4ccncc4)cs3)CC2)cc1. The average Bonchev–Trinajstić information content (AvgIpc) is 3.31. The fourth-order valence-corrected chi connectivity index (χ4v) is 4.02. The number of thiazole rings is 1. The van der Waals surface area contributed by atoms with Crippen LogP contribution in [0.4, 0.5) is 0 Å². The van der Waals surface area contributed by atoms with E-state index in [0.29, 0.717) is 5.56 Å². The van der Waals surface area contributed by atoms with E-state index in [4.69, 9.17) is 10.2 Å². The van der Waals surface area contributed by atoms with Crippen LogP contribution in [0.15, 0.2) is 54.2 Å². The summed E-state index contributed by atoms with van der Waals surface area (Å²) in [6.45, 7) is 0. The van der Waals surface area contributed by atoms with Crippen LogP contribution >= 0.6 is 11.3 Å². The monoisotopic (exact) mass is 337 g/mol. The molecule has 0 saturated heterocycles. The molecule has 24 heavy (non-hydrogen) atoms. The first kappa shape index (κ1) is 15.0. The second kappa shape index (κ2) is 5.81. The van der Waals surface area contributed by atoms with Crippen molar-refractivity contribution < 1.29 is 10.0 Å². The zero-order chi connectivity index (χ0) is 16.6. The maximum Gasteiger partial charge on any atom is 0.274 e. The zero-order valence-corrected chi connectivity index (χ0v) is 13.6. The Kier molecular flexibility index (Phi) is 3.63. The lowest BCUT2D eigenvalue weighted by molar-refractivity contribution is 0.0706. The third kappa shape index (κ3) is 2.50. The topological polar surface area (TPSA) is 75.1 Å². The highest BCUT2D eigenvalue weighted by Crippen LogP contribution is 2.54. The van der Waals surface area contributed by atoms with Gasteiger partial charge in [0, 0.05) is 34.3 Å². The molecule has 0 unspecified atom stereocenters. The van der Waals surface area contributed by atoms with Gasteiger partial charge in [-0.1, -0.05) is 12.1 Å². The summed E-state index contributed by atoms with van der Waals surface area (Å²) in [4.78, 5) is 20.3.